The molecule has 0 saturated carbocycles. The number of benzene rings is 1. The molecule has 1 N–H and O–H groups in total. The van der Waals surface area contributed by atoms with E-state index in [2.05, 4.69) is 0 Å². The average Bonchev–Trinajstić information content (AvgIpc) is 2.57. The molecule has 2 aromatic rings. The fourth-order valence-electron chi connectivity index (χ4n) is 1.89. The van der Waals surface area contributed by atoms with Crippen molar-refractivity contribution in [3.05, 3.63) is 35.3 Å². The van der Waals surface area contributed by atoms with E-state index in [1.807, 2.05) is 18.9 Å². The van der Waals surface area contributed by atoms with Crippen LogP contribution in [0.2, 0.25) is 0 Å². The molecule has 1 heterocycles. The minimum Gasteiger partial charge on any atom is -0.459 e. The second kappa shape index (κ2) is 4.85. The van der Waals surface area contributed by atoms with Crippen LogP contribution in [0.4, 0.5) is 4.39 Å². The number of nitrogens with zero attached hydrogens (tertiary/aromatic N) is 1. The van der Waals surface area contributed by atoms with Gasteiger partial charge in [-0.1, -0.05) is 0 Å². The van der Waals surface area contributed by atoms with Crippen LogP contribution in [-0.2, 0) is 6.54 Å². The highest BCUT2D eigenvalue weighted by Gasteiger charge is 2.12. The Hall–Kier alpha value is -1.39. The van der Waals surface area contributed by atoms with Crippen LogP contribution in [0.25, 0.3) is 11.0 Å². The van der Waals surface area contributed by atoms with Crippen molar-refractivity contribution in [2.75, 3.05) is 20.2 Å². The van der Waals surface area contributed by atoms with Crippen LogP contribution in [0, 0.1) is 12.7 Å². The van der Waals surface area contributed by atoms with Crippen molar-refractivity contribution in [2.24, 2.45) is 0 Å². The molecule has 0 fully saturated rings. The summed E-state index contributed by atoms with van der Waals surface area (Å²) in [6, 6.07) is 4.53. The number of rotatable bonds is 4. The van der Waals surface area contributed by atoms with Gasteiger partial charge in [-0.05, 0) is 37.7 Å². The van der Waals surface area contributed by atoms with Gasteiger partial charge in [-0.25, -0.2) is 4.39 Å². The van der Waals surface area contributed by atoms with E-state index in [1.54, 1.807) is 6.07 Å². The molecule has 2 rings (SSSR count). The van der Waals surface area contributed by atoms with Crippen molar-refractivity contribution in [2.45, 2.75) is 13.5 Å². The molecular weight excluding hydrogens is 221 g/mol. The molecule has 0 aliphatic heterocycles. The van der Waals surface area contributed by atoms with E-state index in [1.165, 1.54) is 12.1 Å². The highest BCUT2D eigenvalue weighted by molar-refractivity contribution is 5.82. The van der Waals surface area contributed by atoms with Gasteiger partial charge in [0, 0.05) is 11.9 Å². The quantitative estimate of drug-likeness (QED) is 0.886. The van der Waals surface area contributed by atoms with E-state index >= 15 is 0 Å². The summed E-state index contributed by atoms with van der Waals surface area (Å²) in [4.78, 5) is 1.96. The van der Waals surface area contributed by atoms with Gasteiger partial charge in [0.05, 0.1) is 13.2 Å². The molecule has 92 valence electrons. The number of aliphatic hydroxyl groups excluding tert-OH is 1. The molecule has 0 aliphatic carbocycles. The summed E-state index contributed by atoms with van der Waals surface area (Å²) in [7, 11) is 1.91. The SMILES string of the molecule is Cc1c(CN(C)CCO)oc2ccc(F)cc12. The molecule has 4 heteroatoms. The third-order valence-electron chi connectivity index (χ3n) is 2.89. The lowest BCUT2D eigenvalue weighted by atomic mass is 10.1. The van der Waals surface area contributed by atoms with Crippen molar-refractivity contribution in [1.29, 1.82) is 0 Å². The summed E-state index contributed by atoms with van der Waals surface area (Å²) < 4.78 is 18.8. The van der Waals surface area contributed by atoms with E-state index in [-0.39, 0.29) is 12.4 Å². The zero-order valence-electron chi connectivity index (χ0n) is 10.0. The van der Waals surface area contributed by atoms with Crippen molar-refractivity contribution < 1.29 is 13.9 Å². The minimum atomic E-state index is -0.253. The Labute approximate surface area is 99.5 Å². The summed E-state index contributed by atoms with van der Waals surface area (Å²) in [5, 5.41) is 9.66. The van der Waals surface area contributed by atoms with Crippen LogP contribution in [0.15, 0.2) is 22.6 Å². The Morgan fingerprint density at radius 2 is 2.18 bits per heavy atom. The van der Waals surface area contributed by atoms with Crippen LogP contribution in [0.1, 0.15) is 11.3 Å². The van der Waals surface area contributed by atoms with Crippen molar-refractivity contribution in [1.82, 2.24) is 4.90 Å². The van der Waals surface area contributed by atoms with E-state index in [9.17, 15) is 4.39 Å². The average molecular weight is 237 g/mol. The van der Waals surface area contributed by atoms with Crippen LogP contribution < -0.4 is 0 Å². The summed E-state index contributed by atoms with van der Waals surface area (Å²) in [6.07, 6.45) is 0. The number of aliphatic hydroxyl groups is 1. The third kappa shape index (κ3) is 2.48. The van der Waals surface area contributed by atoms with Gasteiger partial charge in [-0.15, -0.1) is 0 Å². The van der Waals surface area contributed by atoms with Crippen molar-refractivity contribution in [3.63, 3.8) is 0 Å². The largest absolute Gasteiger partial charge is 0.459 e. The molecule has 0 unspecified atom stereocenters. The van der Waals surface area contributed by atoms with Gasteiger partial charge in [0.2, 0.25) is 0 Å². The molecular formula is C13H16FNO2. The summed E-state index contributed by atoms with van der Waals surface area (Å²) in [5.41, 5.74) is 1.67. The maximum atomic E-state index is 13.1. The fourth-order valence-corrected chi connectivity index (χ4v) is 1.89. The molecule has 0 aliphatic rings. The lowest BCUT2D eigenvalue weighted by molar-refractivity contribution is 0.209. The lowest BCUT2D eigenvalue weighted by Gasteiger charge is -2.13. The van der Waals surface area contributed by atoms with Gasteiger partial charge < -0.3 is 9.52 Å². The van der Waals surface area contributed by atoms with E-state index in [0.29, 0.717) is 18.7 Å². The van der Waals surface area contributed by atoms with Gasteiger partial charge in [0.15, 0.2) is 0 Å². The predicted octanol–water partition coefficient (Wildman–Crippen LogP) is 2.30. The molecule has 0 saturated heterocycles. The zero-order valence-corrected chi connectivity index (χ0v) is 10.0. The maximum absolute atomic E-state index is 13.1. The number of hydrogen-bond donors (Lipinski definition) is 1. The molecule has 3 nitrogen and oxygen atoms in total. The molecule has 1 aromatic heterocycles. The number of hydrogen-bond acceptors (Lipinski definition) is 3. The highest BCUT2D eigenvalue weighted by Crippen LogP contribution is 2.26. The Bertz CT molecular complexity index is 521. The Balaban J connectivity index is 2.32. The highest BCUT2D eigenvalue weighted by atomic mass is 19.1. The summed E-state index contributed by atoms with van der Waals surface area (Å²) in [5.74, 6) is 0.568. The van der Waals surface area contributed by atoms with Gasteiger partial charge in [-0.2, -0.15) is 0 Å². The first-order valence-electron chi connectivity index (χ1n) is 5.58. The van der Waals surface area contributed by atoms with Crippen molar-refractivity contribution >= 4 is 11.0 Å². The van der Waals surface area contributed by atoms with E-state index in [4.69, 9.17) is 9.52 Å². The van der Waals surface area contributed by atoms with Gasteiger partial charge >= 0.3 is 0 Å². The van der Waals surface area contributed by atoms with Crippen LogP contribution in [0.5, 0.6) is 0 Å². The summed E-state index contributed by atoms with van der Waals surface area (Å²) >= 11 is 0. The Morgan fingerprint density at radius 1 is 1.41 bits per heavy atom. The molecule has 17 heavy (non-hydrogen) atoms. The number of furan rings is 1. The third-order valence-corrected chi connectivity index (χ3v) is 2.89. The lowest BCUT2D eigenvalue weighted by Crippen LogP contribution is -2.21. The molecule has 0 atom stereocenters. The molecule has 0 radical (unpaired) electrons. The second-order valence-corrected chi connectivity index (χ2v) is 4.25. The monoisotopic (exact) mass is 237 g/mol. The van der Waals surface area contributed by atoms with Crippen LogP contribution >= 0.6 is 0 Å². The molecule has 0 amide bonds. The first-order chi connectivity index (χ1) is 8.11. The van der Waals surface area contributed by atoms with Gasteiger partial charge in [0.1, 0.15) is 17.2 Å². The van der Waals surface area contributed by atoms with E-state index in [0.717, 1.165) is 16.7 Å². The number of likely N-dealkylation sites (N-methyl/N-ethyl adjacent to an activating group) is 1. The van der Waals surface area contributed by atoms with Gasteiger partial charge in [0.25, 0.3) is 0 Å². The minimum absolute atomic E-state index is 0.115. The van der Waals surface area contributed by atoms with Crippen LogP contribution in [0.3, 0.4) is 0 Å². The maximum Gasteiger partial charge on any atom is 0.134 e. The second-order valence-electron chi connectivity index (χ2n) is 4.25. The molecule has 0 bridgehead atoms. The topological polar surface area (TPSA) is 36.6 Å². The first kappa shape index (κ1) is 12.1. The normalized spacial score (nSPS) is 11.6. The number of fused-ring (bicyclic) bond motifs is 1. The first-order valence-corrected chi connectivity index (χ1v) is 5.58. The molecule has 1 aromatic carbocycles. The zero-order chi connectivity index (χ0) is 12.4. The smallest absolute Gasteiger partial charge is 0.134 e. The molecule has 0 spiro atoms. The van der Waals surface area contributed by atoms with E-state index < -0.39 is 0 Å². The Morgan fingerprint density at radius 3 is 2.88 bits per heavy atom. The number of aryl methyl sites for hydroxylation is 1. The van der Waals surface area contributed by atoms with Gasteiger partial charge in [-0.3, -0.25) is 4.90 Å². The standard InChI is InChI=1S/C13H16FNO2/c1-9-11-7-10(14)3-4-12(11)17-13(9)8-15(2)5-6-16/h3-4,7,16H,5-6,8H2,1-2H3. The summed E-state index contributed by atoms with van der Waals surface area (Å²) in [6.45, 7) is 3.24. The fraction of sp³-hybridized carbons (Fsp3) is 0.385. The van der Waals surface area contributed by atoms with Crippen molar-refractivity contribution in [3.8, 4) is 0 Å². The number of halogens is 1. The Kier molecular flexibility index (Phi) is 3.45. The predicted molar refractivity (Wildman–Crippen MR) is 64.3 cm³/mol. The van der Waals surface area contributed by atoms with Crippen LogP contribution in [-0.4, -0.2) is 30.2 Å².